The Morgan fingerprint density at radius 3 is 2.40 bits per heavy atom. The largest absolute Gasteiger partial charge is 0.330 e. The zero-order valence-electron chi connectivity index (χ0n) is 10.2. The van der Waals surface area contributed by atoms with Crippen LogP contribution in [-0.4, -0.2) is 55.1 Å². The van der Waals surface area contributed by atoms with E-state index in [9.17, 15) is 0 Å². The van der Waals surface area contributed by atoms with Gasteiger partial charge in [-0.3, -0.25) is 0 Å². The van der Waals surface area contributed by atoms with Crippen LogP contribution in [0.25, 0.3) is 0 Å². The van der Waals surface area contributed by atoms with Crippen molar-refractivity contribution in [1.82, 2.24) is 9.80 Å². The summed E-state index contributed by atoms with van der Waals surface area (Å²) in [4.78, 5) is 5.14. The van der Waals surface area contributed by atoms with Gasteiger partial charge in [-0.25, -0.2) is 0 Å². The van der Waals surface area contributed by atoms with E-state index in [0.717, 1.165) is 31.1 Å². The highest BCUT2D eigenvalue weighted by Crippen LogP contribution is 2.35. The summed E-state index contributed by atoms with van der Waals surface area (Å²) < 4.78 is 0. The third kappa shape index (κ3) is 2.35. The van der Waals surface area contributed by atoms with E-state index in [1.807, 2.05) is 0 Å². The number of piperidine rings is 1. The minimum absolute atomic E-state index is 0.810. The van der Waals surface area contributed by atoms with Crippen LogP contribution in [0.5, 0.6) is 0 Å². The molecular weight excluding hydrogens is 186 g/mol. The number of hydrogen-bond acceptors (Lipinski definition) is 3. The Balaban J connectivity index is 1.85. The van der Waals surface area contributed by atoms with Crippen LogP contribution in [0.3, 0.4) is 0 Å². The predicted molar refractivity (Wildman–Crippen MR) is 63.9 cm³/mol. The molecule has 0 aromatic rings. The molecule has 2 heterocycles. The van der Waals surface area contributed by atoms with Gasteiger partial charge in [-0.15, -0.1) is 0 Å². The van der Waals surface area contributed by atoms with Crippen LogP contribution in [0.4, 0.5) is 0 Å². The van der Waals surface area contributed by atoms with Gasteiger partial charge >= 0.3 is 0 Å². The average Bonchev–Trinajstić information content (AvgIpc) is 2.49. The summed E-state index contributed by atoms with van der Waals surface area (Å²) >= 11 is 0. The van der Waals surface area contributed by atoms with E-state index < -0.39 is 0 Å². The fraction of sp³-hybridized carbons (Fsp3) is 1.00. The fourth-order valence-corrected chi connectivity index (χ4v) is 3.27. The van der Waals surface area contributed by atoms with E-state index in [-0.39, 0.29) is 0 Å². The maximum absolute atomic E-state index is 5.56. The molecule has 3 nitrogen and oxygen atoms in total. The standard InChI is InChI=1S/C12H25N3/c1-14(7-3-6-13)12-8-10-4-5-11(9-12)15(10)2/h10-12H,3-9,13H2,1-2H3. The van der Waals surface area contributed by atoms with Crippen LogP contribution < -0.4 is 5.73 Å². The molecule has 2 N–H and O–H groups in total. The van der Waals surface area contributed by atoms with Crippen LogP contribution in [0.1, 0.15) is 32.1 Å². The van der Waals surface area contributed by atoms with Gasteiger partial charge in [-0.05, 0) is 59.3 Å². The van der Waals surface area contributed by atoms with Crippen LogP contribution in [0.15, 0.2) is 0 Å². The van der Waals surface area contributed by atoms with Crippen LogP contribution >= 0.6 is 0 Å². The summed E-state index contributed by atoms with van der Waals surface area (Å²) in [6, 6.07) is 2.52. The Morgan fingerprint density at radius 2 is 1.87 bits per heavy atom. The zero-order chi connectivity index (χ0) is 10.8. The molecule has 0 amide bonds. The summed E-state index contributed by atoms with van der Waals surface area (Å²) in [5, 5.41) is 0. The molecule has 2 bridgehead atoms. The molecule has 2 aliphatic heterocycles. The molecule has 0 saturated carbocycles. The molecule has 2 fully saturated rings. The van der Waals surface area contributed by atoms with Gasteiger partial charge in [0.15, 0.2) is 0 Å². The first kappa shape index (κ1) is 11.4. The van der Waals surface area contributed by atoms with Gasteiger partial charge in [0.1, 0.15) is 0 Å². The second kappa shape index (κ2) is 4.81. The van der Waals surface area contributed by atoms with E-state index in [1.54, 1.807) is 0 Å². The van der Waals surface area contributed by atoms with Gasteiger partial charge in [0.05, 0.1) is 0 Å². The van der Waals surface area contributed by atoms with E-state index in [4.69, 9.17) is 5.73 Å². The number of nitrogens with zero attached hydrogens (tertiary/aromatic N) is 2. The molecule has 88 valence electrons. The number of hydrogen-bond donors (Lipinski definition) is 1. The van der Waals surface area contributed by atoms with Crippen molar-refractivity contribution in [2.24, 2.45) is 5.73 Å². The Hall–Kier alpha value is -0.120. The molecule has 2 saturated heterocycles. The minimum atomic E-state index is 0.810. The lowest BCUT2D eigenvalue weighted by atomic mass is 9.97. The zero-order valence-corrected chi connectivity index (χ0v) is 10.2. The van der Waals surface area contributed by atoms with Crippen molar-refractivity contribution in [3.8, 4) is 0 Å². The van der Waals surface area contributed by atoms with Gasteiger partial charge in [0.25, 0.3) is 0 Å². The van der Waals surface area contributed by atoms with Crippen molar-refractivity contribution < 1.29 is 0 Å². The first-order chi connectivity index (χ1) is 7.22. The van der Waals surface area contributed by atoms with E-state index in [0.29, 0.717) is 0 Å². The third-order valence-electron chi connectivity index (χ3n) is 4.41. The third-order valence-corrected chi connectivity index (χ3v) is 4.41. The van der Waals surface area contributed by atoms with Crippen LogP contribution in [0, 0.1) is 0 Å². The lowest BCUT2D eigenvalue weighted by Gasteiger charge is -2.40. The van der Waals surface area contributed by atoms with Crippen molar-refractivity contribution in [2.45, 2.75) is 50.2 Å². The Labute approximate surface area is 93.6 Å². The summed E-state index contributed by atoms with van der Waals surface area (Å²) in [6.45, 7) is 1.99. The molecule has 0 spiro atoms. The highest BCUT2D eigenvalue weighted by Gasteiger charge is 2.39. The lowest BCUT2D eigenvalue weighted by molar-refractivity contribution is 0.0903. The van der Waals surface area contributed by atoms with Crippen LogP contribution in [-0.2, 0) is 0 Å². The van der Waals surface area contributed by atoms with Gasteiger partial charge in [-0.2, -0.15) is 0 Å². The van der Waals surface area contributed by atoms with Gasteiger partial charge < -0.3 is 15.5 Å². The van der Waals surface area contributed by atoms with Crippen molar-refractivity contribution in [3.05, 3.63) is 0 Å². The molecule has 2 unspecified atom stereocenters. The maximum atomic E-state index is 5.56. The molecule has 2 rings (SSSR count). The Kier molecular flexibility index (Phi) is 3.65. The molecule has 0 aromatic heterocycles. The molecule has 2 atom stereocenters. The SMILES string of the molecule is CN(CCCN)C1CC2CCC(C1)N2C. The summed E-state index contributed by atoms with van der Waals surface area (Å²) in [5.74, 6) is 0. The second-order valence-corrected chi connectivity index (χ2v) is 5.30. The van der Waals surface area contributed by atoms with Gasteiger partial charge in [-0.1, -0.05) is 0 Å². The smallest absolute Gasteiger partial charge is 0.0122 e. The van der Waals surface area contributed by atoms with E-state index in [1.165, 1.54) is 32.2 Å². The van der Waals surface area contributed by atoms with Gasteiger partial charge in [0, 0.05) is 18.1 Å². The number of fused-ring (bicyclic) bond motifs is 2. The summed E-state index contributed by atoms with van der Waals surface area (Å²) in [7, 11) is 4.57. The van der Waals surface area contributed by atoms with E-state index >= 15 is 0 Å². The molecule has 3 heteroatoms. The highest BCUT2D eigenvalue weighted by atomic mass is 15.2. The fourth-order valence-electron chi connectivity index (χ4n) is 3.27. The first-order valence-electron chi connectivity index (χ1n) is 6.34. The molecule has 15 heavy (non-hydrogen) atoms. The van der Waals surface area contributed by atoms with Crippen LogP contribution in [0.2, 0.25) is 0 Å². The van der Waals surface area contributed by atoms with Crippen molar-refractivity contribution in [3.63, 3.8) is 0 Å². The van der Waals surface area contributed by atoms with Crippen molar-refractivity contribution in [1.29, 1.82) is 0 Å². The number of nitrogens with two attached hydrogens (primary N) is 1. The molecule has 2 aliphatic rings. The molecule has 0 radical (unpaired) electrons. The maximum Gasteiger partial charge on any atom is 0.0122 e. The summed E-state index contributed by atoms with van der Waals surface area (Å²) in [5.41, 5.74) is 5.56. The lowest BCUT2D eigenvalue weighted by Crippen LogP contribution is -2.48. The topological polar surface area (TPSA) is 32.5 Å². The Morgan fingerprint density at radius 1 is 1.27 bits per heavy atom. The first-order valence-corrected chi connectivity index (χ1v) is 6.34. The Bertz CT molecular complexity index is 193. The van der Waals surface area contributed by atoms with Crippen molar-refractivity contribution >= 4 is 0 Å². The minimum Gasteiger partial charge on any atom is -0.330 e. The normalized spacial score (nSPS) is 36.4. The van der Waals surface area contributed by atoms with Crippen molar-refractivity contribution in [2.75, 3.05) is 27.2 Å². The average molecular weight is 211 g/mol. The van der Waals surface area contributed by atoms with Gasteiger partial charge in [0.2, 0.25) is 0 Å². The molecule has 0 aliphatic carbocycles. The highest BCUT2D eigenvalue weighted by molar-refractivity contribution is 4.96. The monoisotopic (exact) mass is 211 g/mol. The number of rotatable bonds is 4. The summed E-state index contributed by atoms with van der Waals surface area (Å²) in [6.07, 6.45) is 6.71. The predicted octanol–water partition coefficient (Wildman–Crippen LogP) is 0.892. The molecule has 0 aromatic carbocycles. The molecular formula is C12H25N3. The second-order valence-electron chi connectivity index (χ2n) is 5.30. The quantitative estimate of drug-likeness (QED) is 0.749. The van der Waals surface area contributed by atoms with E-state index in [2.05, 4.69) is 23.9 Å².